The van der Waals surface area contributed by atoms with E-state index in [0.29, 0.717) is 30.4 Å². The van der Waals surface area contributed by atoms with E-state index in [9.17, 15) is 15.2 Å². The number of aliphatic imine (C=N–C) groups is 1. The van der Waals surface area contributed by atoms with Crippen molar-refractivity contribution in [2.45, 2.75) is 13.8 Å². The van der Waals surface area contributed by atoms with E-state index in [1.807, 2.05) is 13.8 Å². The van der Waals surface area contributed by atoms with Gasteiger partial charge in [0.1, 0.15) is 17.2 Å². The van der Waals surface area contributed by atoms with Crippen LogP contribution < -0.4 is 14.6 Å². The number of ether oxygens (including phenoxy) is 2. The summed E-state index contributed by atoms with van der Waals surface area (Å²) in [4.78, 5) is 14.5. The van der Waals surface area contributed by atoms with Crippen molar-refractivity contribution in [2.75, 3.05) is 13.2 Å². The highest BCUT2D eigenvalue weighted by Gasteiger charge is 2.07. The van der Waals surface area contributed by atoms with Crippen molar-refractivity contribution in [3.63, 3.8) is 0 Å². The lowest BCUT2D eigenvalue weighted by molar-refractivity contribution is -0.385. The van der Waals surface area contributed by atoms with E-state index in [-0.39, 0.29) is 17.0 Å². The number of hydrogen-bond donors (Lipinski definition) is 0. The van der Waals surface area contributed by atoms with Gasteiger partial charge in [0.05, 0.1) is 18.1 Å². The molecule has 0 bridgehead atoms. The lowest BCUT2D eigenvalue weighted by atomic mass is 10.2. The molecule has 0 fully saturated rings. The van der Waals surface area contributed by atoms with E-state index in [1.54, 1.807) is 18.2 Å². The zero-order valence-electron chi connectivity index (χ0n) is 13.4. The van der Waals surface area contributed by atoms with Gasteiger partial charge >= 0.3 is 0 Å². The molecular weight excluding hydrogens is 312 g/mol. The summed E-state index contributed by atoms with van der Waals surface area (Å²) in [5.74, 6) is 0.813. The summed E-state index contributed by atoms with van der Waals surface area (Å²) < 4.78 is 10.9. The highest BCUT2D eigenvalue weighted by molar-refractivity contribution is 5.86. The predicted octanol–water partition coefficient (Wildman–Crippen LogP) is 3.22. The molecule has 2 aromatic rings. The van der Waals surface area contributed by atoms with Gasteiger partial charge in [0.15, 0.2) is 0 Å². The van der Waals surface area contributed by atoms with Crippen LogP contribution in [0.1, 0.15) is 19.4 Å². The number of nitrogens with zero attached hydrogens (tertiary/aromatic N) is 2. The van der Waals surface area contributed by atoms with Crippen molar-refractivity contribution < 1.29 is 19.5 Å². The molecule has 0 spiro atoms. The number of benzene rings is 2. The first kappa shape index (κ1) is 17.3. The monoisotopic (exact) mass is 329 g/mol. The molecule has 0 saturated carbocycles. The Bertz CT molecular complexity index is 759. The molecule has 0 aliphatic carbocycles. The smallest absolute Gasteiger partial charge is 0.270 e. The second-order valence-corrected chi connectivity index (χ2v) is 4.73. The van der Waals surface area contributed by atoms with Crippen LogP contribution in [0.25, 0.3) is 0 Å². The summed E-state index contributed by atoms with van der Waals surface area (Å²) in [6.07, 6.45) is 1.29. The van der Waals surface area contributed by atoms with Crippen LogP contribution >= 0.6 is 0 Å². The van der Waals surface area contributed by atoms with Gasteiger partial charge in [0.2, 0.25) is 0 Å². The van der Waals surface area contributed by atoms with Crippen molar-refractivity contribution >= 4 is 17.6 Å². The highest BCUT2D eigenvalue weighted by atomic mass is 16.6. The quantitative estimate of drug-likeness (QED) is 0.441. The summed E-state index contributed by atoms with van der Waals surface area (Å²) in [7, 11) is 0. The molecule has 2 aromatic carbocycles. The average Bonchev–Trinajstić information content (AvgIpc) is 2.56. The van der Waals surface area contributed by atoms with E-state index in [1.165, 1.54) is 18.3 Å². The van der Waals surface area contributed by atoms with Crippen molar-refractivity contribution in [1.29, 1.82) is 0 Å². The molecule has 0 saturated heterocycles. The summed E-state index contributed by atoms with van der Waals surface area (Å²) in [6, 6.07) is 8.69. The first-order valence-electron chi connectivity index (χ1n) is 7.44. The zero-order valence-corrected chi connectivity index (χ0v) is 13.4. The third kappa shape index (κ3) is 4.22. The van der Waals surface area contributed by atoms with Crippen LogP contribution in [0.15, 0.2) is 41.4 Å². The zero-order chi connectivity index (χ0) is 17.5. The predicted molar refractivity (Wildman–Crippen MR) is 88.6 cm³/mol. The summed E-state index contributed by atoms with van der Waals surface area (Å²) in [5.41, 5.74) is 0.450. The fraction of sp³-hybridized carbons (Fsp3) is 0.235. The Morgan fingerprint density at radius 2 is 1.88 bits per heavy atom. The Balaban J connectivity index is 2.38. The Labute approximate surface area is 139 Å². The topological polar surface area (TPSA) is 97.0 Å². The molecule has 0 heterocycles. The van der Waals surface area contributed by atoms with Crippen LogP contribution in [0.4, 0.5) is 11.4 Å². The molecule has 0 aliphatic rings. The maximum Gasteiger partial charge on any atom is 0.270 e. The third-order valence-electron chi connectivity index (χ3n) is 3.09. The number of non-ortho nitro benzene ring substituents is 1. The minimum absolute atomic E-state index is 0.133. The Hall–Kier alpha value is -3.09. The molecule has 24 heavy (non-hydrogen) atoms. The highest BCUT2D eigenvalue weighted by Crippen LogP contribution is 2.32. The van der Waals surface area contributed by atoms with Crippen LogP contribution in [0.3, 0.4) is 0 Å². The molecule has 7 nitrogen and oxygen atoms in total. The van der Waals surface area contributed by atoms with Crippen LogP contribution in [0.2, 0.25) is 0 Å². The minimum atomic E-state index is -0.557. The van der Waals surface area contributed by atoms with Gasteiger partial charge in [-0.05, 0) is 31.5 Å². The van der Waals surface area contributed by atoms with Gasteiger partial charge in [0.25, 0.3) is 5.69 Å². The summed E-state index contributed by atoms with van der Waals surface area (Å²) >= 11 is 0. The van der Waals surface area contributed by atoms with Gasteiger partial charge in [-0.1, -0.05) is 11.8 Å². The largest absolute Gasteiger partial charge is 0.872 e. The van der Waals surface area contributed by atoms with Gasteiger partial charge in [-0.15, -0.1) is 0 Å². The summed E-state index contributed by atoms with van der Waals surface area (Å²) in [5, 5.41) is 22.6. The minimum Gasteiger partial charge on any atom is -0.872 e. The summed E-state index contributed by atoms with van der Waals surface area (Å²) in [6.45, 7) is 4.68. The first-order chi connectivity index (χ1) is 11.5. The molecule has 0 atom stereocenters. The molecule has 0 unspecified atom stereocenters. The van der Waals surface area contributed by atoms with Gasteiger partial charge in [0, 0.05) is 24.4 Å². The average molecular weight is 329 g/mol. The van der Waals surface area contributed by atoms with E-state index < -0.39 is 4.92 Å². The molecule has 2 rings (SSSR count). The second kappa shape index (κ2) is 7.96. The fourth-order valence-electron chi connectivity index (χ4n) is 2.02. The molecule has 0 N–H and O–H groups in total. The number of nitro benzene ring substituents is 1. The molecule has 7 heteroatoms. The molecule has 0 aromatic heterocycles. The fourth-order valence-corrected chi connectivity index (χ4v) is 2.02. The van der Waals surface area contributed by atoms with E-state index >= 15 is 0 Å². The van der Waals surface area contributed by atoms with Crippen LogP contribution in [-0.2, 0) is 0 Å². The van der Waals surface area contributed by atoms with Crippen molar-refractivity contribution in [3.05, 3.63) is 52.1 Å². The van der Waals surface area contributed by atoms with E-state index in [0.717, 1.165) is 6.07 Å². The Morgan fingerprint density at radius 1 is 1.12 bits per heavy atom. The van der Waals surface area contributed by atoms with Gasteiger partial charge in [-0.25, -0.2) is 0 Å². The number of rotatable bonds is 7. The maximum atomic E-state index is 11.8. The van der Waals surface area contributed by atoms with Gasteiger partial charge in [-0.2, -0.15) is 0 Å². The van der Waals surface area contributed by atoms with Crippen LogP contribution in [0.5, 0.6) is 17.2 Å². The Morgan fingerprint density at radius 3 is 2.54 bits per heavy atom. The Kier molecular flexibility index (Phi) is 5.73. The normalized spacial score (nSPS) is 10.8. The van der Waals surface area contributed by atoms with Gasteiger partial charge < -0.3 is 14.6 Å². The third-order valence-corrected chi connectivity index (χ3v) is 3.09. The molecule has 0 radical (unpaired) electrons. The van der Waals surface area contributed by atoms with E-state index in [4.69, 9.17) is 9.47 Å². The van der Waals surface area contributed by atoms with Gasteiger partial charge in [-0.3, -0.25) is 15.1 Å². The molecule has 126 valence electrons. The van der Waals surface area contributed by atoms with Crippen LogP contribution in [0, 0.1) is 10.1 Å². The lowest BCUT2D eigenvalue weighted by Crippen LogP contribution is -1.98. The number of hydrogen-bond acceptors (Lipinski definition) is 6. The lowest BCUT2D eigenvalue weighted by Gasteiger charge is -2.11. The van der Waals surface area contributed by atoms with E-state index in [2.05, 4.69) is 4.99 Å². The molecular formula is C17H17N2O5-. The van der Waals surface area contributed by atoms with Crippen molar-refractivity contribution in [1.82, 2.24) is 0 Å². The standard InChI is InChI=1S/C17H18N2O5/c1-3-23-14-6-8-17(24-4-2)15(10-14)18-11-12-9-13(19(21)22)5-7-16(12)20/h5-11,20H,3-4H2,1-2H3/p-1. The maximum absolute atomic E-state index is 11.8. The SMILES string of the molecule is CCOc1ccc(OCC)c(N=Cc2cc([N+](=O)[O-])ccc2[O-])c1. The molecule has 0 aliphatic heterocycles. The molecule has 0 amide bonds. The van der Waals surface area contributed by atoms with Crippen LogP contribution in [-0.4, -0.2) is 24.4 Å². The second-order valence-electron chi connectivity index (χ2n) is 4.73. The van der Waals surface area contributed by atoms with Crippen molar-refractivity contribution in [3.8, 4) is 17.2 Å². The first-order valence-corrected chi connectivity index (χ1v) is 7.44. The van der Waals surface area contributed by atoms with Crippen molar-refractivity contribution in [2.24, 2.45) is 4.99 Å². The number of nitro groups is 1.